The van der Waals surface area contributed by atoms with Crippen molar-refractivity contribution in [2.75, 3.05) is 0 Å². The van der Waals surface area contributed by atoms with E-state index in [-0.39, 0.29) is 17.2 Å². The molecule has 0 aliphatic carbocycles. The molecule has 0 spiro atoms. The van der Waals surface area contributed by atoms with E-state index < -0.39 is 23.5 Å². The molecule has 0 N–H and O–H groups in total. The van der Waals surface area contributed by atoms with E-state index in [9.17, 15) is 26.3 Å². The van der Waals surface area contributed by atoms with E-state index in [4.69, 9.17) is 4.42 Å². The van der Waals surface area contributed by atoms with Gasteiger partial charge in [-0.25, -0.2) is 0 Å². The lowest BCUT2D eigenvalue weighted by Gasteiger charge is -2.14. The molecule has 1 aromatic heterocycles. The molecular formula is C42H24F6O. The molecule has 0 saturated carbocycles. The second kappa shape index (κ2) is 11.4. The molecule has 7 heteroatoms. The zero-order chi connectivity index (χ0) is 33.9. The topological polar surface area (TPSA) is 13.1 Å². The number of benzene rings is 7. The van der Waals surface area contributed by atoms with Crippen LogP contribution in [0.3, 0.4) is 0 Å². The molecule has 0 aliphatic heterocycles. The molecule has 1 nitrogen and oxygen atoms in total. The maximum absolute atomic E-state index is 13.4. The van der Waals surface area contributed by atoms with E-state index in [0.717, 1.165) is 78.2 Å². The van der Waals surface area contributed by atoms with Crippen LogP contribution in [-0.4, -0.2) is 0 Å². The number of fused-ring (bicyclic) bond motifs is 4. The van der Waals surface area contributed by atoms with Crippen molar-refractivity contribution in [3.8, 4) is 44.5 Å². The molecule has 49 heavy (non-hydrogen) atoms. The first-order valence-electron chi connectivity index (χ1n) is 15.5. The van der Waals surface area contributed by atoms with Crippen LogP contribution >= 0.6 is 0 Å². The van der Waals surface area contributed by atoms with Crippen LogP contribution in [0, 0.1) is 0 Å². The molecule has 0 aliphatic rings. The Kier molecular flexibility index (Phi) is 7.10. The molecule has 1 heterocycles. The number of rotatable bonds is 4. The minimum atomic E-state index is -4.91. The highest BCUT2D eigenvalue weighted by atomic mass is 19.4. The van der Waals surface area contributed by atoms with Crippen molar-refractivity contribution in [1.29, 1.82) is 0 Å². The van der Waals surface area contributed by atoms with E-state index in [1.807, 2.05) is 48.5 Å². The molecule has 0 amide bonds. The third-order valence-corrected chi connectivity index (χ3v) is 8.91. The van der Waals surface area contributed by atoms with Crippen molar-refractivity contribution in [2.45, 2.75) is 12.4 Å². The van der Waals surface area contributed by atoms with Gasteiger partial charge in [-0.2, -0.15) is 26.3 Å². The lowest BCUT2D eigenvalue weighted by Crippen LogP contribution is -2.11. The van der Waals surface area contributed by atoms with Crippen LogP contribution in [0.2, 0.25) is 0 Å². The highest BCUT2D eigenvalue weighted by molar-refractivity contribution is 6.09. The molecular weight excluding hydrogens is 634 g/mol. The lowest BCUT2D eigenvalue weighted by atomic mass is 9.95. The van der Waals surface area contributed by atoms with E-state index in [1.165, 1.54) is 12.1 Å². The quantitative estimate of drug-likeness (QED) is 0.172. The monoisotopic (exact) mass is 658 g/mol. The number of hydrogen-bond donors (Lipinski definition) is 0. The third-order valence-electron chi connectivity index (χ3n) is 8.91. The fraction of sp³-hybridized carbons (Fsp3) is 0.0476. The fourth-order valence-electron chi connectivity index (χ4n) is 6.40. The predicted molar refractivity (Wildman–Crippen MR) is 183 cm³/mol. The Morgan fingerprint density at radius 2 is 0.837 bits per heavy atom. The van der Waals surface area contributed by atoms with E-state index in [2.05, 4.69) is 54.6 Å². The Bertz CT molecular complexity index is 2470. The Balaban J connectivity index is 1.06. The summed E-state index contributed by atoms with van der Waals surface area (Å²) in [5.41, 5.74) is 4.99. The van der Waals surface area contributed by atoms with Crippen LogP contribution in [0.25, 0.3) is 77.2 Å². The van der Waals surface area contributed by atoms with Gasteiger partial charge in [0.2, 0.25) is 0 Å². The molecule has 240 valence electrons. The van der Waals surface area contributed by atoms with Crippen LogP contribution in [0.5, 0.6) is 0 Å². The van der Waals surface area contributed by atoms with Crippen LogP contribution in [0.4, 0.5) is 26.3 Å². The summed E-state index contributed by atoms with van der Waals surface area (Å²) in [5, 5.41) is 4.19. The minimum absolute atomic E-state index is 0.137. The first-order chi connectivity index (χ1) is 23.5. The third kappa shape index (κ3) is 5.71. The van der Waals surface area contributed by atoms with Crippen LogP contribution in [-0.2, 0) is 12.4 Å². The number of para-hydroxylation sites is 2. The van der Waals surface area contributed by atoms with Crippen LogP contribution < -0.4 is 0 Å². The SMILES string of the molecule is FC(F)(F)c1cc(-c2ccc(-c3ccc4cc(-c5ccc(-c6cccc7c6oc6ccccc67)cc5)ccc4c3)cc2)cc(C(F)(F)F)c1. The molecule has 0 radical (unpaired) electrons. The number of hydrogen-bond acceptors (Lipinski definition) is 1. The van der Waals surface area contributed by atoms with Crippen molar-refractivity contribution < 1.29 is 30.8 Å². The standard InChI is InChI=1S/C42H24F6O/c43-41(44,45)34-22-33(23-35(24-34)42(46,47)48)27-10-8-25(9-11-27)29-16-18-32-21-30(17-19-31(32)20-29)26-12-14-28(15-13-26)36-5-3-6-38-37-4-1-2-7-39(37)49-40(36)38/h1-24H. The van der Waals surface area contributed by atoms with E-state index in [1.54, 1.807) is 12.1 Å². The molecule has 0 atom stereocenters. The Labute approximate surface area is 276 Å². The highest BCUT2D eigenvalue weighted by Crippen LogP contribution is 2.40. The zero-order valence-electron chi connectivity index (χ0n) is 25.5. The summed E-state index contributed by atoms with van der Waals surface area (Å²) in [5.74, 6) is 0. The highest BCUT2D eigenvalue weighted by Gasteiger charge is 2.37. The second-order valence-electron chi connectivity index (χ2n) is 12.0. The minimum Gasteiger partial charge on any atom is -0.455 e. The first-order valence-corrected chi connectivity index (χ1v) is 15.5. The van der Waals surface area contributed by atoms with Crippen LogP contribution in [0.15, 0.2) is 150 Å². The van der Waals surface area contributed by atoms with Gasteiger partial charge in [-0.15, -0.1) is 0 Å². The largest absolute Gasteiger partial charge is 0.455 e. The van der Waals surface area contributed by atoms with E-state index in [0.29, 0.717) is 0 Å². The number of halogens is 6. The van der Waals surface area contributed by atoms with E-state index >= 15 is 0 Å². The van der Waals surface area contributed by atoms with Gasteiger partial charge in [0.25, 0.3) is 0 Å². The molecule has 0 saturated heterocycles. The zero-order valence-corrected chi connectivity index (χ0v) is 25.5. The second-order valence-corrected chi connectivity index (χ2v) is 12.0. The molecule has 8 rings (SSSR count). The van der Waals surface area contributed by atoms with Crippen molar-refractivity contribution >= 4 is 32.7 Å². The maximum atomic E-state index is 13.4. The summed E-state index contributed by atoms with van der Waals surface area (Å²) in [6.07, 6.45) is -9.81. The Morgan fingerprint density at radius 3 is 1.39 bits per heavy atom. The van der Waals surface area contributed by atoms with Crippen molar-refractivity contribution in [3.05, 3.63) is 157 Å². The van der Waals surface area contributed by atoms with Gasteiger partial charge in [0.15, 0.2) is 0 Å². The maximum Gasteiger partial charge on any atom is 0.416 e. The smallest absolute Gasteiger partial charge is 0.416 e. The summed E-state index contributed by atoms with van der Waals surface area (Å²) in [4.78, 5) is 0. The van der Waals surface area contributed by atoms with Crippen LogP contribution in [0.1, 0.15) is 11.1 Å². The van der Waals surface area contributed by atoms with Gasteiger partial charge >= 0.3 is 12.4 Å². The first kappa shape index (κ1) is 30.5. The Hall–Kier alpha value is -5.82. The summed E-state index contributed by atoms with van der Waals surface area (Å²) >= 11 is 0. The van der Waals surface area contributed by atoms with Gasteiger partial charge in [0.05, 0.1) is 11.1 Å². The molecule has 7 aromatic carbocycles. The van der Waals surface area contributed by atoms with Crippen molar-refractivity contribution in [1.82, 2.24) is 0 Å². The molecule has 8 aromatic rings. The average molecular weight is 659 g/mol. The number of alkyl halides is 6. The van der Waals surface area contributed by atoms with Gasteiger partial charge < -0.3 is 4.42 Å². The van der Waals surface area contributed by atoms with Crippen molar-refractivity contribution in [3.63, 3.8) is 0 Å². The molecule has 0 bridgehead atoms. The predicted octanol–water partition coefficient (Wildman–Crippen LogP) is 13.4. The fourth-order valence-corrected chi connectivity index (χ4v) is 6.40. The Morgan fingerprint density at radius 1 is 0.367 bits per heavy atom. The molecule has 0 fully saturated rings. The lowest BCUT2D eigenvalue weighted by molar-refractivity contribution is -0.143. The molecule has 0 unspecified atom stereocenters. The summed E-state index contributed by atoms with van der Waals surface area (Å²) < 4.78 is 86.5. The van der Waals surface area contributed by atoms with Gasteiger partial charge in [-0.3, -0.25) is 0 Å². The van der Waals surface area contributed by atoms with Gasteiger partial charge in [0, 0.05) is 16.3 Å². The normalized spacial score (nSPS) is 12.3. The van der Waals surface area contributed by atoms with Gasteiger partial charge in [-0.1, -0.05) is 109 Å². The summed E-state index contributed by atoms with van der Waals surface area (Å²) in [7, 11) is 0. The van der Waals surface area contributed by atoms with Gasteiger partial charge in [0.1, 0.15) is 11.2 Å². The van der Waals surface area contributed by atoms with Gasteiger partial charge in [-0.05, 0) is 86.1 Å². The number of furan rings is 1. The van der Waals surface area contributed by atoms with Crippen molar-refractivity contribution in [2.24, 2.45) is 0 Å². The summed E-state index contributed by atoms with van der Waals surface area (Å²) in [6.45, 7) is 0. The summed E-state index contributed by atoms with van der Waals surface area (Å²) in [6, 6.07) is 42.8. The average Bonchev–Trinajstić information content (AvgIpc) is 3.49.